The topological polar surface area (TPSA) is 18.5 Å². The van der Waals surface area contributed by atoms with E-state index in [1.165, 1.54) is 16.7 Å². The second kappa shape index (κ2) is 3.53. The highest BCUT2D eigenvalue weighted by Crippen LogP contribution is 2.48. The molecule has 1 aliphatic carbocycles. The Balaban J connectivity index is 2.55. The van der Waals surface area contributed by atoms with Crippen LogP contribution in [0.3, 0.4) is 0 Å². The van der Waals surface area contributed by atoms with E-state index in [-0.39, 0.29) is 5.60 Å². The molecule has 0 radical (unpaired) electrons. The van der Waals surface area contributed by atoms with Crippen LogP contribution in [0.2, 0.25) is 0 Å². The summed E-state index contributed by atoms with van der Waals surface area (Å²) in [5, 5.41) is 0. The third-order valence-corrected chi connectivity index (χ3v) is 3.42. The van der Waals surface area contributed by atoms with Crippen LogP contribution in [0.15, 0.2) is 12.1 Å². The minimum absolute atomic E-state index is 0.147. The third kappa shape index (κ3) is 1.36. The van der Waals surface area contributed by atoms with Crippen molar-refractivity contribution < 1.29 is 9.47 Å². The highest BCUT2D eigenvalue weighted by molar-refractivity contribution is 5.55. The second-order valence-electron chi connectivity index (χ2n) is 4.26. The highest BCUT2D eigenvalue weighted by atomic mass is 16.5. The lowest BCUT2D eigenvalue weighted by atomic mass is 9.73. The number of hydrogen-bond donors (Lipinski definition) is 0. The van der Waals surface area contributed by atoms with Gasteiger partial charge in [-0.2, -0.15) is 0 Å². The van der Waals surface area contributed by atoms with E-state index in [9.17, 15) is 0 Å². The standard InChI is InChI=1S/C13H18O2/c1-5-9-6-7-10-8-13(2,15-4)11(10)12(9)14-3/h6-7H,5,8H2,1-4H3. The summed E-state index contributed by atoms with van der Waals surface area (Å²) in [4.78, 5) is 0. The van der Waals surface area contributed by atoms with Crippen LogP contribution < -0.4 is 4.74 Å². The molecule has 0 aliphatic heterocycles. The number of benzene rings is 1. The molecule has 1 unspecified atom stereocenters. The zero-order valence-corrected chi connectivity index (χ0v) is 9.89. The van der Waals surface area contributed by atoms with Crippen molar-refractivity contribution in [2.24, 2.45) is 0 Å². The Bertz CT molecular complexity index is 384. The lowest BCUT2D eigenvalue weighted by Gasteiger charge is -2.41. The molecule has 82 valence electrons. The maximum absolute atomic E-state index is 5.56. The fourth-order valence-corrected chi connectivity index (χ4v) is 2.42. The van der Waals surface area contributed by atoms with Gasteiger partial charge in [-0.25, -0.2) is 0 Å². The molecule has 1 aliphatic rings. The largest absolute Gasteiger partial charge is 0.496 e. The Kier molecular flexibility index (Phi) is 2.47. The fraction of sp³-hybridized carbons (Fsp3) is 0.538. The molecule has 0 heterocycles. The average molecular weight is 206 g/mol. The molecular formula is C13H18O2. The van der Waals surface area contributed by atoms with Crippen LogP contribution in [0.4, 0.5) is 0 Å². The Hall–Kier alpha value is -1.02. The van der Waals surface area contributed by atoms with E-state index in [4.69, 9.17) is 9.47 Å². The minimum Gasteiger partial charge on any atom is -0.496 e. The van der Waals surface area contributed by atoms with Crippen molar-refractivity contribution in [3.63, 3.8) is 0 Å². The maximum Gasteiger partial charge on any atom is 0.128 e. The third-order valence-electron chi connectivity index (χ3n) is 3.42. The molecule has 0 saturated heterocycles. The van der Waals surface area contributed by atoms with E-state index in [2.05, 4.69) is 26.0 Å². The number of fused-ring (bicyclic) bond motifs is 1. The SMILES string of the molecule is CCc1ccc2c(c1OC)C(C)(OC)C2. The predicted molar refractivity (Wildman–Crippen MR) is 60.4 cm³/mol. The monoisotopic (exact) mass is 206 g/mol. The first-order chi connectivity index (χ1) is 7.16. The second-order valence-corrected chi connectivity index (χ2v) is 4.26. The Morgan fingerprint density at radius 3 is 2.60 bits per heavy atom. The van der Waals surface area contributed by atoms with Crippen molar-refractivity contribution in [2.45, 2.75) is 32.3 Å². The first-order valence-corrected chi connectivity index (χ1v) is 5.40. The van der Waals surface area contributed by atoms with Crippen LogP contribution in [0, 0.1) is 0 Å². The molecule has 0 bridgehead atoms. The molecule has 15 heavy (non-hydrogen) atoms. The van der Waals surface area contributed by atoms with Gasteiger partial charge in [0.25, 0.3) is 0 Å². The molecule has 0 N–H and O–H groups in total. The summed E-state index contributed by atoms with van der Waals surface area (Å²) in [6.07, 6.45) is 1.98. The van der Waals surface area contributed by atoms with Gasteiger partial charge < -0.3 is 9.47 Å². The quantitative estimate of drug-likeness (QED) is 0.757. The first kappa shape index (κ1) is 10.5. The van der Waals surface area contributed by atoms with Gasteiger partial charge in [0.15, 0.2) is 0 Å². The van der Waals surface area contributed by atoms with Crippen molar-refractivity contribution in [3.8, 4) is 5.75 Å². The van der Waals surface area contributed by atoms with Crippen molar-refractivity contribution in [1.29, 1.82) is 0 Å². The molecule has 2 rings (SSSR count). The van der Waals surface area contributed by atoms with Gasteiger partial charge in [-0.15, -0.1) is 0 Å². The van der Waals surface area contributed by atoms with Crippen LogP contribution in [0.1, 0.15) is 30.5 Å². The first-order valence-electron chi connectivity index (χ1n) is 5.40. The van der Waals surface area contributed by atoms with Crippen molar-refractivity contribution >= 4 is 0 Å². The number of methoxy groups -OCH3 is 2. The number of rotatable bonds is 3. The average Bonchev–Trinajstić information content (AvgIpc) is 2.26. The molecule has 1 aromatic rings. The highest BCUT2D eigenvalue weighted by Gasteiger charge is 2.42. The Labute approximate surface area is 91.2 Å². The summed E-state index contributed by atoms with van der Waals surface area (Å²) in [5.41, 5.74) is 3.71. The van der Waals surface area contributed by atoms with Gasteiger partial charge in [-0.1, -0.05) is 19.1 Å². The minimum atomic E-state index is -0.147. The Morgan fingerprint density at radius 1 is 1.33 bits per heavy atom. The summed E-state index contributed by atoms with van der Waals surface area (Å²) in [7, 11) is 3.50. The van der Waals surface area contributed by atoms with Gasteiger partial charge in [0.2, 0.25) is 0 Å². The van der Waals surface area contributed by atoms with Gasteiger partial charge in [-0.3, -0.25) is 0 Å². The molecule has 0 spiro atoms. The lowest BCUT2D eigenvalue weighted by molar-refractivity contribution is -0.0204. The zero-order chi connectivity index (χ0) is 11.1. The zero-order valence-electron chi connectivity index (χ0n) is 9.89. The van der Waals surface area contributed by atoms with Gasteiger partial charge in [0, 0.05) is 19.1 Å². The molecule has 2 heteroatoms. The smallest absolute Gasteiger partial charge is 0.128 e. The molecule has 0 amide bonds. The van der Waals surface area contributed by atoms with Crippen LogP contribution in [0.25, 0.3) is 0 Å². The molecule has 1 aromatic carbocycles. The van der Waals surface area contributed by atoms with Crippen LogP contribution in [-0.2, 0) is 23.2 Å². The lowest BCUT2D eigenvalue weighted by Crippen LogP contribution is -2.38. The van der Waals surface area contributed by atoms with Crippen LogP contribution >= 0.6 is 0 Å². The van der Waals surface area contributed by atoms with E-state index < -0.39 is 0 Å². The number of ether oxygens (including phenoxy) is 2. The van der Waals surface area contributed by atoms with E-state index in [1.54, 1.807) is 14.2 Å². The molecule has 0 fully saturated rings. The van der Waals surface area contributed by atoms with Gasteiger partial charge >= 0.3 is 0 Å². The molecule has 1 atom stereocenters. The van der Waals surface area contributed by atoms with E-state index in [1.807, 2.05) is 0 Å². The van der Waals surface area contributed by atoms with E-state index in [0.717, 1.165) is 18.6 Å². The van der Waals surface area contributed by atoms with Crippen molar-refractivity contribution in [2.75, 3.05) is 14.2 Å². The molecule has 0 aromatic heterocycles. The summed E-state index contributed by atoms with van der Waals surface area (Å²) >= 11 is 0. The van der Waals surface area contributed by atoms with Crippen LogP contribution in [0.5, 0.6) is 5.75 Å². The Morgan fingerprint density at radius 2 is 2.07 bits per heavy atom. The van der Waals surface area contributed by atoms with Crippen molar-refractivity contribution in [1.82, 2.24) is 0 Å². The van der Waals surface area contributed by atoms with Gasteiger partial charge in [-0.05, 0) is 24.5 Å². The van der Waals surface area contributed by atoms with Gasteiger partial charge in [0.05, 0.1) is 12.7 Å². The molecule has 0 saturated carbocycles. The molecule has 2 nitrogen and oxygen atoms in total. The van der Waals surface area contributed by atoms with E-state index in [0.29, 0.717) is 0 Å². The summed E-state index contributed by atoms with van der Waals surface area (Å²) in [6, 6.07) is 4.35. The van der Waals surface area contributed by atoms with E-state index >= 15 is 0 Å². The number of aryl methyl sites for hydroxylation is 1. The van der Waals surface area contributed by atoms with Crippen molar-refractivity contribution in [3.05, 3.63) is 28.8 Å². The molecular weight excluding hydrogens is 188 g/mol. The summed E-state index contributed by atoms with van der Waals surface area (Å²) in [6.45, 7) is 4.27. The van der Waals surface area contributed by atoms with Gasteiger partial charge in [0.1, 0.15) is 5.75 Å². The predicted octanol–water partition coefficient (Wildman–Crippen LogP) is 2.68. The number of hydrogen-bond acceptors (Lipinski definition) is 2. The summed E-state index contributed by atoms with van der Waals surface area (Å²) < 4.78 is 11.1. The maximum atomic E-state index is 5.56. The summed E-state index contributed by atoms with van der Waals surface area (Å²) in [5.74, 6) is 1.02. The van der Waals surface area contributed by atoms with Crippen LogP contribution in [-0.4, -0.2) is 14.2 Å². The fourth-order valence-electron chi connectivity index (χ4n) is 2.42. The normalized spacial score (nSPS) is 23.2.